The largest absolute Gasteiger partial charge is 0.377 e. The fourth-order valence-corrected chi connectivity index (χ4v) is 2.68. The molecule has 1 fully saturated rings. The molecule has 0 bridgehead atoms. The molecule has 2 aromatic rings. The number of nitrogens with one attached hydrogen (secondary N) is 1. The number of nitrogens with zero attached hydrogens (tertiary/aromatic N) is 4. The van der Waals surface area contributed by atoms with Gasteiger partial charge in [0.1, 0.15) is 0 Å². The van der Waals surface area contributed by atoms with E-state index in [4.69, 9.17) is 4.74 Å². The predicted molar refractivity (Wildman–Crippen MR) is 89.5 cm³/mol. The maximum atomic E-state index is 12.4. The summed E-state index contributed by atoms with van der Waals surface area (Å²) >= 11 is 0. The van der Waals surface area contributed by atoms with Gasteiger partial charge in [0, 0.05) is 51.0 Å². The highest BCUT2D eigenvalue weighted by Gasteiger charge is 2.27. The Labute approximate surface area is 141 Å². The lowest BCUT2D eigenvalue weighted by Gasteiger charge is -2.16. The first kappa shape index (κ1) is 16.3. The number of anilines is 1. The smallest absolute Gasteiger partial charge is 0.257 e. The van der Waals surface area contributed by atoms with Gasteiger partial charge in [0.25, 0.3) is 5.91 Å². The number of likely N-dealkylation sites (tertiary alicyclic amines) is 1. The van der Waals surface area contributed by atoms with Gasteiger partial charge in [-0.1, -0.05) is 6.07 Å². The summed E-state index contributed by atoms with van der Waals surface area (Å²) in [6.07, 6.45) is 7.66. The lowest BCUT2D eigenvalue weighted by atomic mass is 10.3. The molecule has 1 unspecified atom stereocenters. The van der Waals surface area contributed by atoms with Crippen molar-refractivity contribution in [1.29, 1.82) is 0 Å². The van der Waals surface area contributed by atoms with Gasteiger partial charge in [0.05, 0.1) is 11.7 Å². The Bertz CT molecular complexity index is 662. The van der Waals surface area contributed by atoms with E-state index < -0.39 is 0 Å². The van der Waals surface area contributed by atoms with Crippen LogP contribution in [0.4, 0.5) is 5.95 Å². The van der Waals surface area contributed by atoms with Crippen LogP contribution in [-0.2, 0) is 11.3 Å². The molecular weight excluding hydrogens is 306 g/mol. The fraction of sp³-hybridized carbons (Fsp3) is 0.412. The Balaban J connectivity index is 1.55. The zero-order valence-electron chi connectivity index (χ0n) is 13.7. The number of carbonyl (C=O) groups is 1. The van der Waals surface area contributed by atoms with E-state index in [1.54, 1.807) is 29.7 Å². The number of hydrogen-bond acceptors (Lipinski definition) is 6. The number of carbonyl (C=O) groups excluding carboxylic acids is 1. The number of aromatic nitrogens is 3. The van der Waals surface area contributed by atoms with Crippen molar-refractivity contribution >= 4 is 11.9 Å². The number of amides is 1. The van der Waals surface area contributed by atoms with Gasteiger partial charge in [-0.05, 0) is 25.0 Å². The Kier molecular flexibility index (Phi) is 5.32. The molecule has 1 atom stereocenters. The van der Waals surface area contributed by atoms with Gasteiger partial charge in [-0.25, -0.2) is 9.97 Å². The minimum absolute atomic E-state index is 0.0454. The minimum atomic E-state index is -0.0454. The minimum Gasteiger partial charge on any atom is -0.377 e. The van der Waals surface area contributed by atoms with Crippen LogP contribution in [0.2, 0.25) is 0 Å². The summed E-state index contributed by atoms with van der Waals surface area (Å²) < 4.78 is 5.57. The molecule has 1 amide bonds. The third-order valence-electron chi connectivity index (χ3n) is 3.91. The van der Waals surface area contributed by atoms with Crippen LogP contribution in [0.15, 0.2) is 36.9 Å². The van der Waals surface area contributed by atoms with E-state index in [9.17, 15) is 4.79 Å². The van der Waals surface area contributed by atoms with Crippen molar-refractivity contribution in [2.75, 3.05) is 25.0 Å². The van der Waals surface area contributed by atoms with Crippen molar-refractivity contribution in [2.45, 2.75) is 26.0 Å². The molecule has 1 N–H and O–H groups in total. The molecule has 0 radical (unpaired) electrons. The number of hydrogen-bond donors (Lipinski definition) is 1. The summed E-state index contributed by atoms with van der Waals surface area (Å²) in [5, 5.41) is 3.11. The maximum Gasteiger partial charge on any atom is 0.257 e. The van der Waals surface area contributed by atoms with Gasteiger partial charge in [-0.3, -0.25) is 9.78 Å². The van der Waals surface area contributed by atoms with E-state index in [1.165, 1.54) is 0 Å². The molecule has 1 aliphatic heterocycles. The van der Waals surface area contributed by atoms with Crippen LogP contribution in [0.1, 0.15) is 29.3 Å². The number of ether oxygens (including phenoxy) is 1. The van der Waals surface area contributed by atoms with Crippen LogP contribution in [-0.4, -0.2) is 51.6 Å². The molecule has 7 heteroatoms. The predicted octanol–water partition coefficient (Wildman–Crippen LogP) is 1.73. The number of pyridine rings is 1. The Morgan fingerprint density at radius 1 is 1.38 bits per heavy atom. The molecule has 0 saturated carbocycles. The fourth-order valence-electron chi connectivity index (χ4n) is 2.68. The molecule has 1 saturated heterocycles. The van der Waals surface area contributed by atoms with Gasteiger partial charge in [-0.2, -0.15) is 0 Å². The first-order chi connectivity index (χ1) is 11.8. The molecular formula is C17H21N5O2. The van der Waals surface area contributed by atoms with E-state index in [2.05, 4.69) is 20.3 Å². The Morgan fingerprint density at radius 2 is 2.21 bits per heavy atom. The normalized spacial score (nSPS) is 17.0. The molecule has 0 spiro atoms. The van der Waals surface area contributed by atoms with Gasteiger partial charge in [0.15, 0.2) is 0 Å². The average Bonchev–Trinajstić information content (AvgIpc) is 3.10. The van der Waals surface area contributed by atoms with Crippen molar-refractivity contribution in [1.82, 2.24) is 19.9 Å². The average molecular weight is 327 g/mol. The molecule has 3 rings (SSSR count). The Hall–Kier alpha value is -2.54. The van der Waals surface area contributed by atoms with Crippen LogP contribution >= 0.6 is 0 Å². The molecule has 1 aliphatic rings. The molecule has 126 valence electrons. The maximum absolute atomic E-state index is 12.4. The second-order valence-electron chi connectivity index (χ2n) is 5.63. The van der Waals surface area contributed by atoms with Crippen LogP contribution < -0.4 is 5.32 Å². The van der Waals surface area contributed by atoms with E-state index >= 15 is 0 Å². The van der Waals surface area contributed by atoms with Crippen LogP contribution in [0.3, 0.4) is 0 Å². The van der Waals surface area contributed by atoms with E-state index in [1.807, 2.05) is 19.1 Å². The van der Waals surface area contributed by atoms with Crippen molar-refractivity contribution < 1.29 is 9.53 Å². The highest BCUT2D eigenvalue weighted by molar-refractivity contribution is 5.93. The zero-order chi connectivity index (χ0) is 16.8. The molecule has 7 nitrogen and oxygen atoms in total. The first-order valence-electron chi connectivity index (χ1n) is 8.12. The summed E-state index contributed by atoms with van der Waals surface area (Å²) in [5.41, 5.74) is 1.54. The van der Waals surface area contributed by atoms with E-state index in [-0.39, 0.29) is 12.0 Å². The van der Waals surface area contributed by atoms with Crippen molar-refractivity contribution in [3.8, 4) is 0 Å². The van der Waals surface area contributed by atoms with Gasteiger partial charge in [0.2, 0.25) is 5.95 Å². The quantitative estimate of drug-likeness (QED) is 0.870. The summed E-state index contributed by atoms with van der Waals surface area (Å²) in [6, 6.07) is 3.85. The van der Waals surface area contributed by atoms with Crippen LogP contribution in [0, 0.1) is 0 Å². The second-order valence-corrected chi connectivity index (χ2v) is 5.63. The second kappa shape index (κ2) is 7.83. The third-order valence-corrected chi connectivity index (χ3v) is 3.91. The van der Waals surface area contributed by atoms with E-state index in [0.717, 1.165) is 12.0 Å². The summed E-state index contributed by atoms with van der Waals surface area (Å²) in [4.78, 5) is 26.7. The molecule has 2 aromatic heterocycles. The highest BCUT2D eigenvalue weighted by atomic mass is 16.5. The standard InChI is InChI=1S/C17H21N5O2/c1-2-24-15-5-7-22(12-15)16(23)14-10-20-17(21-11-14)19-9-13-4-3-6-18-8-13/h3-4,6,8,10-11,15H,2,5,7,9,12H2,1H3,(H,19,20,21). The van der Waals surface area contributed by atoms with Crippen molar-refractivity contribution in [3.05, 3.63) is 48.0 Å². The highest BCUT2D eigenvalue weighted by Crippen LogP contribution is 2.15. The zero-order valence-corrected chi connectivity index (χ0v) is 13.7. The van der Waals surface area contributed by atoms with Gasteiger partial charge in [-0.15, -0.1) is 0 Å². The monoisotopic (exact) mass is 327 g/mol. The van der Waals surface area contributed by atoms with E-state index in [0.29, 0.717) is 37.8 Å². The lowest BCUT2D eigenvalue weighted by Crippen LogP contribution is -2.30. The molecule has 0 aromatic carbocycles. The summed E-state index contributed by atoms with van der Waals surface area (Å²) in [5.74, 6) is 0.444. The first-order valence-corrected chi connectivity index (χ1v) is 8.12. The SMILES string of the molecule is CCOC1CCN(C(=O)c2cnc(NCc3cccnc3)nc2)C1. The molecule has 3 heterocycles. The number of rotatable bonds is 6. The lowest BCUT2D eigenvalue weighted by molar-refractivity contribution is 0.0598. The van der Waals surface area contributed by atoms with Crippen LogP contribution in [0.25, 0.3) is 0 Å². The van der Waals surface area contributed by atoms with Crippen molar-refractivity contribution in [2.24, 2.45) is 0 Å². The third kappa shape index (κ3) is 4.05. The topological polar surface area (TPSA) is 80.2 Å². The summed E-state index contributed by atoms with van der Waals surface area (Å²) in [6.45, 7) is 4.57. The van der Waals surface area contributed by atoms with Crippen molar-refractivity contribution in [3.63, 3.8) is 0 Å². The molecule has 24 heavy (non-hydrogen) atoms. The Morgan fingerprint density at radius 3 is 2.92 bits per heavy atom. The summed E-state index contributed by atoms with van der Waals surface area (Å²) in [7, 11) is 0. The van der Waals surface area contributed by atoms with Gasteiger partial charge < -0.3 is 15.0 Å². The molecule has 0 aliphatic carbocycles. The van der Waals surface area contributed by atoms with Gasteiger partial charge >= 0.3 is 0 Å². The van der Waals surface area contributed by atoms with Crippen LogP contribution in [0.5, 0.6) is 0 Å².